The van der Waals surface area contributed by atoms with Crippen molar-refractivity contribution in [3.05, 3.63) is 24.3 Å². The summed E-state index contributed by atoms with van der Waals surface area (Å²) in [5.74, 6) is 1.64. The third kappa shape index (κ3) is 9.50. The molecule has 0 bridgehead atoms. The summed E-state index contributed by atoms with van der Waals surface area (Å²) in [7, 11) is 0. The predicted molar refractivity (Wildman–Crippen MR) is 84.9 cm³/mol. The minimum atomic E-state index is 0.802. The molecule has 0 fully saturated rings. The Kier molecular flexibility index (Phi) is 10.1. The highest BCUT2D eigenvalue weighted by Crippen LogP contribution is 2.22. The fourth-order valence-corrected chi connectivity index (χ4v) is 2.32. The van der Waals surface area contributed by atoms with Crippen molar-refractivity contribution in [2.24, 2.45) is 11.8 Å². The summed E-state index contributed by atoms with van der Waals surface area (Å²) >= 11 is 0. The Labute approximate surface area is 116 Å². The van der Waals surface area contributed by atoms with Crippen molar-refractivity contribution in [3.8, 4) is 0 Å². The van der Waals surface area contributed by atoms with Gasteiger partial charge in [0.2, 0.25) is 0 Å². The van der Waals surface area contributed by atoms with Gasteiger partial charge in [-0.3, -0.25) is 0 Å². The van der Waals surface area contributed by atoms with Gasteiger partial charge in [-0.25, -0.2) is 0 Å². The highest BCUT2D eigenvalue weighted by Gasteiger charge is 2.05. The van der Waals surface area contributed by atoms with Crippen LogP contribution in [0.25, 0.3) is 0 Å². The van der Waals surface area contributed by atoms with Crippen LogP contribution >= 0.6 is 0 Å². The molecule has 0 heterocycles. The molecule has 2 atom stereocenters. The molecule has 0 aliphatic rings. The largest absolute Gasteiger partial charge is 0.0999 e. The average Bonchev–Trinajstić information content (AvgIpc) is 2.33. The van der Waals surface area contributed by atoms with E-state index < -0.39 is 0 Å². The SMILES string of the molecule is C=C(CCC(=C)CC(C)CCC)CCC(C)CC. The van der Waals surface area contributed by atoms with Gasteiger partial charge >= 0.3 is 0 Å². The lowest BCUT2D eigenvalue weighted by Crippen LogP contribution is -1.97. The number of hydrogen-bond acceptors (Lipinski definition) is 0. The van der Waals surface area contributed by atoms with Crippen LogP contribution in [0.5, 0.6) is 0 Å². The van der Waals surface area contributed by atoms with Crippen molar-refractivity contribution in [1.82, 2.24) is 0 Å². The zero-order valence-corrected chi connectivity index (χ0v) is 13.2. The summed E-state index contributed by atoms with van der Waals surface area (Å²) in [5, 5.41) is 0. The topological polar surface area (TPSA) is 0 Å². The van der Waals surface area contributed by atoms with E-state index in [-0.39, 0.29) is 0 Å². The third-order valence-corrected chi connectivity index (χ3v) is 3.94. The molecule has 0 amide bonds. The molecule has 0 saturated carbocycles. The van der Waals surface area contributed by atoms with Crippen molar-refractivity contribution >= 4 is 0 Å². The van der Waals surface area contributed by atoms with E-state index >= 15 is 0 Å². The first-order chi connectivity index (χ1) is 8.49. The first-order valence-corrected chi connectivity index (χ1v) is 7.82. The molecule has 0 aromatic heterocycles. The van der Waals surface area contributed by atoms with Crippen LogP contribution in [-0.2, 0) is 0 Å². The van der Waals surface area contributed by atoms with E-state index in [4.69, 9.17) is 0 Å². The number of rotatable bonds is 11. The first-order valence-electron chi connectivity index (χ1n) is 7.82. The molecule has 2 unspecified atom stereocenters. The van der Waals surface area contributed by atoms with E-state index in [0.29, 0.717) is 0 Å². The van der Waals surface area contributed by atoms with Gasteiger partial charge in [0.1, 0.15) is 0 Å². The van der Waals surface area contributed by atoms with Crippen LogP contribution in [0.15, 0.2) is 24.3 Å². The van der Waals surface area contributed by atoms with Crippen molar-refractivity contribution in [3.63, 3.8) is 0 Å². The predicted octanol–water partition coefficient (Wildman–Crippen LogP) is 6.53. The second-order valence-corrected chi connectivity index (χ2v) is 6.15. The van der Waals surface area contributed by atoms with E-state index in [2.05, 4.69) is 40.9 Å². The molecule has 0 saturated heterocycles. The summed E-state index contributed by atoms with van der Waals surface area (Å²) in [6.07, 6.45) is 9.90. The minimum absolute atomic E-state index is 0.802. The molecular formula is C18H34. The van der Waals surface area contributed by atoms with Crippen LogP contribution in [0.2, 0.25) is 0 Å². The monoisotopic (exact) mass is 250 g/mol. The van der Waals surface area contributed by atoms with Crippen molar-refractivity contribution in [2.75, 3.05) is 0 Å². The highest BCUT2D eigenvalue weighted by atomic mass is 14.1. The number of hydrogen-bond donors (Lipinski definition) is 0. The molecule has 0 aromatic carbocycles. The Morgan fingerprint density at radius 3 is 2.00 bits per heavy atom. The van der Waals surface area contributed by atoms with Gasteiger partial charge in [-0.05, 0) is 43.9 Å². The van der Waals surface area contributed by atoms with Gasteiger partial charge in [0.25, 0.3) is 0 Å². The van der Waals surface area contributed by atoms with Crippen LogP contribution in [-0.4, -0.2) is 0 Å². The lowest BCUT2D eigenvalue weighted by atomic mass is 9.92. The van der Waals surface area contributed by atoms with E-state index in [0.717, 1.165) is 24.7 Å². The Morgan fingerprint density at radius 2 is 1.44 bits per heavy atom. The van der Waals surface area contributed by atoms with Gasteiger partial charge < -0.3 is 0 Å². The second-order valence-electron chi connectivity index (χ2n) is 6.15. The summed E-state index contributed by atoms with van der Waals surface area (Å²) in [5.41, 5.74) is 2.83. The molecule has 0 nitrogen and oxygen atoms in total. The molecule has 0 aliphatic carbocycles. The van der Waals surface area contributed by atoms with E-state index in [9.17, 15) is 0 Å². The van der Waals surface area contributed by atoms with Gasteiger partial charge in [0.05, 0.1) is 0 Å². The molecule has 0 aliphatic heterocycles. The van der Waals surface area contributed by atoms with Crippen LogP contribution in [0.3, 0.4) is 0 Å². The van der Waals surface area contributed by atoms with Crippen molar-refractivity contribution < 1.29 is 0 Å². The van der Waals surface area contributed by atoms with Gasteiger partial charge in [0, 0.05) is 0 Å². The fraction of sp³-hybridized carbons (Fsp3) is 0.778. The molecule has 0 radical (unpaired) electrons. The molecular weight excluding hydrogens is 216 g/mol. The Bertz CT molecular complexity index is 236. The summed E-state index contributed by atoms with van der Waals surface area (Å²) in [4.78, 5) is 0. The van der Waals surface area contributed by atoms with E-state index in [1.165, 1.54) is 49.7 Å². The Hall–Kier alpha value is -0.520. The van der Waals surface area contributed by atoms with Crippen molar-refractivity contribution in [1.29, 1.82) is 0 Å². The van der Waals surface area contributed by atoms with Crippen molar-refractivity contribution in [2.45, 2.75) is 79.1 Å². The maximum Gasteiger partial charge on any atom is -0.0286 e. The van der Waals surface area contributed by atoms with Gasteiger partial charge in [0.15, 0.2) is 0 Å². The Balaban J connectivity index is 3.68. The van der Waals surface area contributed by atoms with E-state index in [1.807, 2.05) is 0 Å². The van der Waals surface area contributed by atoms with Crippen LogP contribution in [0.4, 0.5) is 0 Å². The Morgan fingerprint density at radius 1 is 0.833 bits per heavy atom. The fourth-order valence-electron chi connectivity index (χ4n) is 2.32. The van der Waals surface area contributed by atoms with Gasteiger partial charge in [-0.1, -0.05) is 71.3 Å². The lowest BCUT2D eigenvalue weighted by Gasteiger charge is -2.14. The molecule has 0 N–H and O–H groups in total. The van der Waals surface area contributed by atoms with Crippen LogP contribution in [0.1, 0.15) is 79.1 Å². The molecule has 0 heteroatoms. The maximum atomic E-state index is 4.22. The zero-order chi connectivity index (χ0) is 14.0. The second kappa shape index (κ2) is 10.4. The normalized spacial score (nSPS) is 14.2. The molecule has 106 valence electrons. The summed E-state index contributed by atoms with van der Waals surface area (Å²) in [6.45, 7) is 17.6. The van der Waals surface area contributed by atoms with E-state index in [1.54, 1.807) is 0 Å². The smallest absolute Gasteiger partial charge is 0.0286 e. The quantitative estimate of drug-likeness (QED) is 0.366. The van der Waals surface area contributed by atoms with Gasteiger partial charge in [-0.2, -0.15) is 0 Å². The average molecular weight is 250 g/mol. The molecule has 0 spiro atoms. The number of allylic oxidation sites excluding steroid dienone is 2. The minimum Gasteiger partial charge on any atom is -0.0999 e. The summed E-state index contributed by atoms with van der Waals surface area (Å²) < 4.78 is 0. The molecule has 18 heavy (non-hydrogen) atoms. The lowest BCUT2D eigenvalue weighted by molar-refractivity contribution is 0.504. The zero-order valence-electron chi connectivity index (χ0n) is 13.2. The van der Waals surface area contributed by atoms with Crippen LogP contribution in [0, 0.1) is 11.8 Å². The molecule has 0 rings (SSSR count). The third-order valence-electron chi connectivity index (χ3n) is 3.94. The standard InChI is InChI=1S/C18H34/c1-7-9-17(5)14-18(6)13-12-16(4)11-10-15(3)8-2/h15,17H,4,6-14H2,1-3,5H3. The summed E-state index contributed by atoms with van der Waals surface area (Å²) in [6, 6.07) is 0. The maximum absolute atomic E-state index is 4.22. The van der Waals surface area contributed by atoms with Crippen LogP contribution < -0.4 is 0 Å². The van der Waals surface area contributed by atoms with Gasteiger partial charge in [-0.15, -0.1) is 0 Å². The first kappa shape index (κ1) is 17.5. The molecule has 0 aromatic rings. The highest BCUT2D eigenvalue weighted by molar-refractivity contribution is 5.02.